The molecule has 0 saturated heterocycles. The molecule has 0 aliphatic rings. The quantitative estimate of drug-likeness (QED) is 0.752. The molecule has 24 heavy (non-hydrogen) atoms. The lowest BCUT2D eigenvalue weighted by molar-refractivity contribution is -0.121. The summed E-state index contributed by atoms with van der Waals surface area (Å²) in [4.78, 5) is 16.8. The summed E-state index contributed by atoms with van der Waals surface area (Å²) < 4.78 is 2.14. The third-order valence-corrected chi connectivity index (χ3v) is 3.93. The van der Waals surface area contributed by atoms with Crippen LogP contribution in [-0.4, -0.2) is 22.0 Å². The number of carbonyl (C=O) groups excluding carboxylic acids is 1. The molecule has 0 bridgehead atoms. The second kappa shape index (κ2) is 7.30. The van der Waals surface area contributed by atoms with E-state index in [4.69, 9.17) is 4.98 Å². The van der Waals surface area contributed by atoms with Gasteiger partial charge in [-0.2, -0.15) is 0 Å². The van der Waals surface area contributed by atoms with E-state index in [1.165, 1.54) is 0 Å². The molecule has 4 heteroatoms. The van der Waals surface area contributed by atoms with Gasteiger partial charge >= 0.3 is 0 Å². The number of para-hydroxylation sites is 3. The molecular weight excluding hydrogens is 298 g/mol. The van der Waals surface area contributed by atoms with Gasteiger partial charge in [-0.3, -0.25) is 9.36 Å². The third kappa shape index (κ3) is 3.65. The molecule has 124 valence electrons. The van der Waals surface area contributed by atoms with Crippen LogP contribution in [0, 0.1) is 5.92 Å². The Kier molecular flexibility index (Phi) is 4.94. The van der Waals surface area contributed by atoms with Gasteiger partial charge in [0.05, 0.1) is 11.0 Å². The van der Waals surface area contributed by atoms with E-state index in [9.17, 15) is 4.79 Å². The fourth-order valence-electron chi connectivity index (χ4n) is 2.74. The number of hydrogen-bond donors (Lipinski definition) is 1. The van der Waals surface area contributed by atoms with Crippen LogP contribution in [0.25, 0.3) is 16.7 Å². The van der Waals surface area contributed by atoms with Crippen LogP contribution in [0.5, 0.6) is 0 Å². The number of benzene rings is 2. The van der Waals surface area contributed by atoms with E-state index in [0.29, 0.717) is 25.3 Å². The van der Waals surface area contributed by atoms with Crippen molar-refractivity contribution in [2.24, 2.45) is 5.92 Å². The molecule has 1 amide bonds. The van der Waals surface area contributed by atoms with Crippen LogP contribution >= 0.6 is 0 Å². The highest BCUT2D eigenvalue weighted by molar-refractivity contribution is 5.79. The predicted molar refractivity (Wildman–Crippen MR) is 97.2 cm³/mol. The van der Waals surface area contributed by atoms with Crippen molar-refractivity contribution in [2.45, 2.75) is 26.7 Å². The van der Waals surface area contributed by atoms with Crippen molar-refractivity contribution in [1.82, 2.24) is 14.9 Å². The van der Waals surface area contributed by atoms with Gasteiger partial charge in [-0.25, -0.2) is 4.98 Å². The van der Waals surface area contributed by atoms with Crippen molar-refractivity contribution in [3.05, 3.63) is 60.4 Å². The smallest absolute Gasteiger partial charge is 0.220 e. The standard InChI is InChI=1S/C20H23N3O/c1-15(2)14-21-20(24)13-12-19-22-17-10-6-7-11-18(17)23(19)16-8-4-3-5-9-16/h3-11,15H,12-14H2,1-2H3,(H,21,24). The Morgan fingerprint density at radius 1 is 1.08 bits per heavy atom. The van der Waals surface area contributed by atoms with Crippen LogP contribution in [-0.2, 0) is 11.2 Å². The van der Waals surface area contributed by atoms with Gasteiger partial charge in [0.25, 0.3) is 0 Å². The van der Waals surface area contributed by atoms with Gasteiger partial charge in [-0.15, -0.1) is 0 Å². The van der Waals surface area contributed by atoms with E-state index < -0.39 is 0 Å². The van der Waals surface area contributed by atoms with Gasteiger partial charge in [0.2, 0.25) is 5.91 Å². The first kappa shape index (κ1) is 16.2. The fourth-order valence-corrected chi connectivity index (χ4v) is 2.74. The highest BCUT2D eigenvalue weighted by atomic mass is 16.1. The van der Waals surface area contributed by atoms with Gasteiger partial charge in [-0.1, -0.05) is 44.2 Å². The van der Waals surface area contributed by atoms with Crippen LogP contribution in [0.15, 0.2) is 54.6 Å². The van der Waals surface area contributed by atoms with Crippen molar-refractivity contribution >= 4 is 16.9 Å². The van der Waals surface area contributed by atoms with Crippen molar-refractivity contribution in [2.75, 3.05) is 6.54 Å². The number of amides is 1. The molecule has 0 aliphatic carbocycles. The van der Waals surface area contributed by atoms with Crippen LogP contribution < -0.4 is 5.32 Å². The summed E-state index contributed by atoms with van der Waals surface area (Å²) in [5, 5.41) is 2.97. The molecule has 1 N–H and O–H groups in total. The number of rotatable bonds is 6. The predicted octanol–water partition coefficient (Wildman–Crippen LogP) is 3.73. The highest BCUT2D eigenvalue weighted by Crippen LogP contribution is 2.22. The maximum absolute atomic E-state index is 12.0. The second-order valence-electron chi connectivity index (χ2n) is 6.39. The number of imidazole rings is 1. The number of carbonyl (C=O) groups is 1. The van der Waals surface area contributed by atoms with Gasteiger partial charge < -0.3 is 5.32 Å². The summed E-state index contributed by atoms with van der Waals surface area (Å²) in [6, 6.07) is 18.3. The summed E-state index contributed by atoms with van der Waals surface area (Å²) in [6.45, 7) is 4.90. The topological polar surface area (TPSA) is 46.9 Å². The molecule has 0 unspecified atom stereocenters. The minimum absolute atomic E-state index is 0.0790. The lowest BCUT2D eigenvalue weighted by Crippen LogP contribution is -2.27. The van der Waals surface area contributed by atoms with Gasteiger partial charge in [0, 0.05) is 25.1 Å². The molecule has 0 fully saturated rings. The Bertz CT molecular complexity index is 821. The summed E-state index contributed by atoms with van der Waals surface area (Å²) in [5.41, 5.74) is 3.10. The lowest BCUT2D eigenvalue weighted by Gasteiger charge is -2.10. The zero-order valence-corrected chi connectivity index (χ0v) is 14.2. The molecule has 0 aliphatic heterocycles. The largest absolute Gasteiger partial charge is 0.356 e. The zero-order valence-electron chi connectivity index (χ0n) is 14.2. The molecule has 0 atom stereocenters. The Hall–Kier alpha value is -2.62. The Labute approximate surface area is 142 Å². The van der Waals surface area contributed by atoms with E-state index in [1.807, 2.05) is 36.4 Å². The number of aromatic nitrogens is 2. The first-order valence-corrected chi connectivity index (χ1v) is 8.43. The molecule has 0 spiro atoms. The Morgan fingerprint density at radius 3 is 2.54 bits per heavy atom. The number of nitrogens with zero attached hydrogens (tertiary/aromatic N) is 2. The van der Waals surface area contributed by atoms with Crippen LogP contribution in [0.2, 0.25) is 0 Å². The molecule has 0 radical (unpaired) electrons. The molecule has 4 nitrogen and oxygen atoms in total. The summed E-state index contributed by atoms with van der Waals surface area (Å²) in [7, 11) is 0. The summed E-state index contributed by atoms with van der Waals surface area (Å²) in [6.07, 6.45) is 1.07. The summed E-state index contributed by atoms with van der Waals surface area (Å²) in [5.74, 6) is 1.46. The van der Waals surface area contributed by atoms with E-state index in [1.54, 1.807) is 0 Å². The van der Waals surface area contributed by atoms with E-state index in [2.05, 4.69) is 41.9 Å². The minimum atomic E-state index is 0.0790. The molecule has 3 rings (SSSR count). The number of aryl methyl sites for hydroxylation is 1. The first-order valence-electron chi connectivity index (χ1n) is 8.43. The monoisotopic (exact) mass is 321 g/mol. The highest BCUT2D eigenvalue weighted by Gasteiger charge is 2.13. The average molecular weight is 321 g/mol. The van der Waals surface area contributed by atoms with Crippen LogP contribution in [0.3, 0.4) is 0 Å². The Morgan fingerprint density at radius 2 is 1.79 bits per heavy atom. The third-order valence-electron chi connectivity index (χ3n) is 3.93. The van der Waals surface area contributed by atoms with Crippen molar-refractivity contribution in [3.8, 4) is 5.69 Å². The molecular formula is C20H23N3O. The molecule has 1 aromatic heterocycles. The van der Waals surface area contributed by atoms with Gasteiger partial charge in [0.1, 0.15) is 5.82 Å². The average Bonchev–Trinajstić information content (AvgIpc) is 2.97. The minimum Gasteiger partial charge on any atom is -0.356 e. The molecule has 3 aromatic rings. The van der Waals surface area contributed by atoms with Gasteiger partial charge in [0.15, 0.2) is 0 Å². The van der Waals surface area contributed by atoms with E-state index >= 15 is 0 Å². The normalized spacial score (nSPS) is 11.1. The number of hydrogen-bond acceptors (Lipinski definition) is 2. The van der Waals surface area contributed by atoms with Gasteiger partial charge in [-0.05, 0) is 30.2 Å². The molecule has 2 aromatic carbocycles. The van der Waals surface area contributed by atoms with E-state index in [0.717, 1.165) is 22.5 Å². The zero-order chi connectivity index (χ0) is 16.9. The number of fused-ring (bicyclic) bond motifs is 1. The second-order valence-corrected chi connectivity index (χ2v) is 6.39. The summed E-state index contributed by atoms with van der Waals surface area (Å²) >= 11 is 0. The maximum atomic E-state index is 12.0. The van der Waals surface area contributed by atoms with Crippen molar-refractivity contribution in [1.29, 1.82) is 0 Å². The van der Waals surface area contributed by atoms with Crippen molar-refractivity contribution < 1.29 is 4.79 Å². The van der Waals surface area contributed by atoms with Crippen molar-refractivity contribution in [3.63, 3.8) is 0 Å². The maximum Gasteiger partial charge on any atom is 0.220 e. The molecule has 1 heterocycles. The van der Waals surface area contributed by atoms with E-state index in [-0.39, 0.29) is 5.91 Å². The first-order chi connectivity index (χ1) is 11.6. The fraction of sp³-hybridized carbons (Fsp3) is 0.300. The lowest BCUT2D eigenvalue weighted by atomic mass is 10.2. The number of nitrogens with one attached hydrogen (secondary N) is 1. The Balaban J connectivity index is 1.86. The SMILES string of the molecule is CC(C)CNC(=O)CCc1nc2ccccc2n1-c1ccccc1. The van der Waals surface area contributed by atoms with Crippen LogP contribution in [0.1, 0.15) is 26.1 Å². The molecule has 0 saturated carbocycles. The van der Waals surface area contributed by atoms with Crippen LogP contribution in [0.4, 0.5) is 0 Å².